The number of carboxylic acid groups (broad SMARTS) is 1. The van der Waals surface area contributed by atoms with Gasteiger partial charge in [0.1, 0.15) is 11.6 Å². The number of carbonyl (C=O) groups is 2. The smallest absolute Gasteiger partial charge is 0.548 e. The summed E-state index contributed by atoms with van der Waals surface area (Å²) in [4.78, 5) is 26.6. The van der Waals surface area contributed by atoms with Gasteiger partial charge < -0.3 is 14.5 Å². The van der Waals surface area contributed by atoms with E-state index in [2.05, 4.69) is 6.07 Å². The molecule has 0 saturated carbocycles. The first-order valence-electron chi connectivity index (χ1n) is 10.7. The molecular weight excluding hydrogens is 449 g/mol. The molecule has 4 aromatic rings. The van der Waals surface area contributed by atoms with Crippen molar-refractivity contribution in [2.45, 2.75) is 6.54 Å². The van der Waals surface area contributed by atoms with E-state index in [1.165, 1.54) is 10.6 Å². The molecule has 0 fully saturated rings. The first kappa shape index (κ1) is 24.2. The molecule has 0 atom stereocenters. The molecule has 6 nitrogen and oxygen atoms in total. The minimum atomic E-state index is -1.22. The van der Waals surface area contributed by atoms with Crippen LogP contribution in [0.15, 0.2) is 84.6 Å². The van der Waals surface area contributed by atoms with Gasteiger partial charge in [-0.1, -0.05) is 66.7 Å². The van der Waals surface area contributed by atoms with Crippen LogP contribution >= 0.6 is 0 Å². The summed E-state index contributed by atoms with van der Waals surface area (Å²) in [6.45, 7) is -0.331. The van der Waals surface area contributed by atoms with E-state index in [-0.39, 0.29) is 41.7 Å². The van der Waals surface area contributed by atoms with Crippen LogP contribution in [0, 0.1) is 11.3 Å². The van der Waals surface area contributed by atoms with Gasteiger partial charge in [0.25, 0.3) is 5.91 Å². The van der Waals surface area contributed by atoms with Gasteiger partial charge in [0, 0.05) is 22.7 Å². The quantitative estimate of drug-likeness (QED) is 0.256. The molecule has 35 heavy (non-hydrogen) atoms. The molecule has 1 amide bonds. The maximum atomic E-state index is 13.8. The van der Waals surface area contributed by atoms with Gasteiger partial charge in [0.05, 0.1) is 23.9 Å². The Bertz CT molecular complexity index is 1510. The number of amides is 1. The molecule has 164 valence electrons. The summed E-state index contributed by atoms with van der Waals surface area (Å²) in [5.74, 6) is -1.69. The van der Waals surface area contributed by atoms with Crippen LogP contribution in [0.5, 0.6) is 0 Å². The molecule has 0 radical (unpaired) electrons. The molecule has 0 N–H and O–H groups in total. The average molecular weight is 467 g/mol. The number of nitriles is 1. The number of rotatable bonds is 4. The van der Waals surface area contributed by atoms with Crippen LogP contribution in [0.1, 0.15) is 16.7 Å². The van der Waals surface area contributed by atoms with Crippen molar-refractivity contribution in [2.24, 2.45) is 0 Å². The van der Waals surface area contributed by atoms with E-state index in [0.717, 1.165) is 16.5 Å². The third-order valence-corrected chi connectivity index (χ3v) is 5.77. The summed E-state index contributed by atoms with van der Waals surface area (Å²) in [6.07, 6.45) is 7.03. The first-order valence-corrected chi connectivity index (χ1v) is 10.7. The van der Waals surface area contributed by atoms with Crippen LogP contribution < -0.4 is 39.6 Å². The molecule has 5 rings (SSSR count). The molecule has 1 aromatic heterocycles. The first-order chi connectivity index (χ1) is 16.6. The molecule has 7 heteroatoms. The monoisotopic (exact) mass is 467 g/mol. The summed E-state index contributed by atoms with van der Waals surface area (Å²) in [5.41, 5.74) is 4.25. The van der Waals surface area contributed by atoms with Gasteiger partial charge in [-0.2, -0.15) is 5.26 Å². The Labute approximate surface area is 224 Å². The number of aliphatic carboxylic acids is 1. The van der Waals surface area contributed by atoms with E-state index < -0.39 is 11.9 Å². The number of aromatic nitrogens is 1. The van der Waals surface area contributed by atoms with Crippen molar-refractivity contribution < 1.29 is 44.3 Å². The van der Waals surface area contributed by atoms with Gasteiger partial charge in [-0.25, -0.2) is 0 Å². The third-order valence-electron chi connectivity index (χ3n) is 5.77. The second kappa shape index (κ2) is 10.2. The van der Waals surface area contributed by atoms with E-state index in [1.54, 1.807) is 23.2 Å². The van der Waals surface area contributed by atoms with Crippen molar-refractivity contribution in [1.29, 1.82) is 5.26 Å². The van der Waals surface area contributed by atoms with Gasteiger partial charge in [0.15, 0.2) is 0 Å². The maximum absolute atomic E-state index is 13.8. The van der Waals surface area contributed by atoms with Gasteiger partial charge in [-0.05, 0) is 35.4 Å². The van der Waals surface area contributed by atoms with E-state index in [0.29, 0.717) is 22.5 Å². The second-order valence-electron chi connectivity index (χ2n) is 7.86. The predicted octanol–water partition coefficient (Wildman–Crippen LogP) is 1.15. The fourth-order valence-electron chi connectivity index (χ4n) is 4.27. The molecule has 3 aromatic carbocycles. The molecule has 0 spiro atoms. The number of nitrogens with zero attached hydrogens (tertiary/aromatic N) is 3. The minimum absolute atomic E-state index is 0. The fourth-order valence-corrected chi connectivity index (χ4v) is 4.27. The van der Waals surface area contributed by atoms with Crippen molar-refractivity contribution in [3.63, 3.8) is 0 Å². The Kier molecular flexibility index (Phi) is 7.04. The Morgan fingerprint density at radius 2 is 1.46 bits per heavy atom. The number of anilines is 2. The standard InChI is InChI=1S/C28H19N3O3.Na/c29-16-21(15-22-17-30(18-27(32)33)26-12-6-3-9-23(22)26)28(34)31-24-10-4-1-7-19(24)13-14-20-8-2-5-11-25(20)31;/h1-15,17H,18H2,(H,32,33);/q;+1/p-1. The van der Waals surface area contributed by atoms with Crippen LogP contribution in [0.3, 0.4) is 0 Å². The number of hydrogen-bond donors (Lipinski definition) is 0. The van der Waals surface area contributed by atoms with Crippen molar-refractivity contribution in [3.05, 3.63) is 101 Å². The van der Waals surface area contributed by atoms with Gasteiger partial charge in [-0.3, -0.25) is 9.69 Å². The number of hydrogen-bond acceptors (Lipinski definition) is 4. The van der Waals surface area contributed by atoms with Crippen LogP contribution in [0.25, 0.3) is 29.1 Å². The zero-order valence-corrected chi connectivity index (χ0v) is 21.0. The van der Waals surface area contributed by atoms with Gasteiger partial charge in [0.2, 0.25) is 0 Å². The molecule has 0 saturated heterocycles. The van der Waals surface area contributed by atoms with Crippen LogP contribution in [0.4, 0.5) is 11.4 Å². The van der Waals surface area contributed by atoms with Crippen LogP contribution in [0.2, 0.25) is 0 Å². The zero-order valence-electron chi connectivity index (χ0n) is 19.0. The van der Waals surface area contributed by atoms with Crippen molar-refractivity contribution >= 4 is 52.4 Å². The van der Waals surface area contributed by atoms with E-state index >= 15 is 0 Å². The number of carboxylic acids is 1. The molecule has 1 aliphatic rings. The molecule has 0 aliphatic carbocycles. The van der Waals surface area contributed by atoms with Gasteiger partial charge in [-0.15, -0.1) is 0 Å². The predicted molar refractivity (Wildman–Crippen MR) is 129 cm³/mol. The summed E-state index contributed by atoms with van der Waals surface area (Å²) in [5, 5.41) is 21.9. The summed E-state index contributed by atoms with van der Waals surface area (Å²) in [7, 11) is 0. The summed E-state index contributed by atoms with van der Waals surface area (Å²) in [6, 6.07) is 24.3. The minimum Gasteiger partial charge on any atom is -0.548 e. The molecule has 1 aliphatic heterocycles. The maximum Gasteiger partial charge on any atom is 1.00 e. The fraction of sp³-hybridized carbons (Fsp3) is 0.0357. The zero-order chi connectivity index (χ0) is 23.7. The third kappa shape index (κ3) is 4.58. The largest absolute Gasteiger partial charge is 1.00 e. The molecule has 0 unspecified atom stereocenters. The Hall–Kier alpha value is -3.89. The van der Waals surface area contributed by atoms with E-state index in [4.69, 9.17) is 0 Å². The molecule has 0 bridgehead atoms. The van der Waals surface area contributed by atoms with Crippen molar-refractivity contribution in [2.75, 3.05) is 4.90 Å². The number of benzene rings is 3. The summed E-state index contributed by atoms with van der Waals surface area (Å²) >= 11 is 0. The van der Waals surface area contributed by atoms with Crippen molar-refractivity contribution in [3.8, 4) is 6.07 Å². The van der Waals surface area contributed by atoms with Crippen LogP contribution in [-0.2, 0) is 16.1 Å². The Morgan fingerprint density at radius 3 is 2.06 bits per heavy atom. The number of fused-ring (bicyclic) bond motifs is 3. The summed E-state index contributed by atoms with van der Waals surface area (Å²) < 4.78 is 1.54. The Morgan fingerprint density at radius 1 is 0.886 bits per heavy atom. The normalized spacial score (nSPS) is 12.2. The molecular formula is C28H18N3NaO3. The van der Waals surface area contributed by atoms with Crippen molar-refractivity contribution in [1.82, 2.24) is 4.57 Å². The molecule has 2 heterocycles. The number of carbonyl (C=O) groups excluding carboxylic acids is 2. The Balaban J connectivity index is 0.00000289. The number of para-hydroxylation sites is 3. The van der Waals surface area contributed by atoms with Crippen LogP contribution in [-0.4, -0.2) is 16.4 Å². The second-order valence-corrected chi connectivity index (χ2v) is 7.86. The van der Waals surface area contributed by atoms with Gasteiger partial charge >= 0.3 is 29.6 Å². The topological polar surface area (TPSA) is 89.2 Å². The SMILES string of the molecule is N#CC(=Cc1cn(CC(=O)[O-])c2ccccc12)C(=O)N1c2ccccc2C=Cc2ccccc21.[Na+]. The average Bonchev–Trinajstić information content (AvgIpc) is 3.09. The van der Waals surface area contributed by atoms with E-state index in [9.17, 15) is 20.0 Å². The van der Waals surface area contributed by atoms with E-state index in [1.807, 2.05) is 72.8 Å².